The van der Waals surface area contributed by atoms with Crippen LogP contribution in [-0.4, -0.2) is 28.0 Å². The molecule has 0 amide bonds. The van der Waals surface area contributed by atoms with Crippen molar-refractivity contribution in [1.29, 1.82) is 0 Å². The fourth-order valence-electron chi connectivity index (χ4n) is 3.15. The number of benzene rings is 1. The van der Waals surface area contributed by atoms with Crippen LogP contribution in [0, 0.1) is 5.92 Å². The van der Waals surface area contributed by atoms with E-state index in [-0.39, 0.29) is 0 Å². The maximum atomic E-state index is 4.70. The molecule has 0 saturated carbocycles. The van der Waals surface area contributed by atoms with Gasteiger partial charge in [0, 0.05) is 30.9 Å². The maximum Gasteiger partial charge on any atom is 0.229 e. The van der Waals surface area contributed by atoms with E-state index >= 15 is 0 Å². The number of nitrogens with zero attached hydrogens (tertiary/aromatic N) is 4. The standard InChI is InChI=1S/C19H21N5/c1-14-8-12-24(13-9-14)17-7-11-21-19(23-17)22-16-6-2-4-15-5-3-10-20-18(15)16/h2-7,10-11,14H,8-9,12-13H2,1H3,(H,21,22,23). The van der Waals surface area contributed by atoms with Gasteiger partial charge in [-0.15, -0.1) is 0 Å². The molecule has 5 heteroatoms. The Balaban J connectivity index is 1.59. The van der Waals surface area contributed by atoms with Crippen LogP contribution < -0.4 is 10.2 Å². The summed E-state index contributed by atoms with van der Waals surface area (Å²) in [5.74, 6) is 2.42. The van der Waals surface area contributed by atoms with Crippen LogP contribution in [0.3, 0.4) is 0 Å². The summed E-state index contributed by atoms with van der Waals surface area (Å²) in [5, 5.41) is 4.42. The van der Waals surface area contributed by atoms with Crippen LogP contribution in [0.5, 0.6) is 0 Å². The van der Waals surface area contributed by atoms with Gasteiger partial charge >= 0.3 is 0 Å². The van der Waals surface area contributed by atoms with Gasteiger partial charge in [0.1, 0.15) is 5.82 Å². The number of hydrogen-bond donors (Lipinski definition) is 1. The molecule has 0 aliphatic carbocycles. The minimum Gasteiger partial charge on any atom is -0.356 e. The second-order valence-corrected chi connectivity index (χ2v) is 6.41. The molecule has 1 aliphatic rings. The number of pyridine rings is 1. The van der Waals surface area contributed by atoms with Gasteiger partial charge in [0.25, 0.3) is 0 Å². The Bertz CT molecular complexity index is 835. The number of piperidine rings is 1. The first-order valence-electron chi connectivity index (χ1n) is 8.48. The normalized spacial score (nSPS) is 15.6. The molecule has 0 radical (unpaired) electrons. The summed E-state index contributed by atoms with van der Waals surface area (Å²) >= 11 is 0. The number of hydrogen-bond acceptors (Lipinski definition) is 5. The zero-order valence-corrected chi connectivity index (χ0v) is 13.8. The lowest BCUT2D eigenvalue weighted by molar-refractivity contribution is 0.436. The molecule has 5 nitrogen and oxygen atoms in total. The third kappa shape index (κ3) is 3.02. The average molecular weight is 319 g/mol. The summed E-state index contributed by atoms with van der Waals surface area (Å²) in [7, 11) is 0. The van der Waals surface area contributed by atoms with Crippen molar-refractivity contribution in [2.75, 3.05) is 23.3 Å². The molecular weight excluding hydrogens is 298 g/mol. The van der Waals surface area contributed by atoms with Gasteiger partial charge in [-0.05, 0) is 37.0 Å². The molecule has 3 heterocycles. The topological polar surface area (TPSA) is 53.9 Å². The number of para-hydroxylation sites is 1. The van der Waals surface area contributed by atoms with Gasteiger partial charge in [-0.2, -0.15) is 4.98 Å². The lowest BCUT2D eigenvalue weighted by Gasteiger charge is -2.31. The molecule has 0 bridgehead atoms. The minimum absolute atomic E-state index is 0.615. The van der Waals surface area contributed by atoms with Crippen molar-refractivity contribution in [3.63, 3.8) is 0 Å². The van der Waals surface area contributed by atoms with Crippen LogP contribution in [-0.2, 0) is 0 Å². The van der Waals surface area contributed by atoms with E-state index in [2.05, 4.69) is 39.2 Å². The van der Waals surface area contributed by atoms with E-state index in [9.17, 15) is 0 Å². The molecule has 0 atom stereocenters. The summed E-state index contributed by atoms with van der Waals surface area (Å²) < 4.78 is 0. The van der Waals surface area contributed by atoms with Crippen molar-refractivity contribution in [1.82, 2.24) is 15.0 Å². The Morgan fingerprint density at radius 1 is 1.00 bits per heavy atom. The lowest BCUT2D eigenvalue weighted by Crippen LogP contribution is -2.33. The van der Waals surface area contributed by atoms with Gasteiger partial charge in [0.2, 0.25) is 5.95 Å². The van der Waals surface area contributed by atoms with Crippen molar-refractivity contribution < 1.29 is 0 Å². The maximum absolute atomic E-state index is 4.70. The van der Waals surface area contributed by atoms with Crippen molar-refractivity contribution in [2.24, 2.45) is 5.92 Å². The van der Waals surface area contributed by atoms with Gasteiger partial charge in [0.05, 0.1) is 11.2 Å². The molecule has 3 aromatic rings. The number of nitrogens with one attached hydrogen (secondary N) is 1. The van der Waals surface area contributed by atoms with Crippen LogP contribution in [0.15, 0.2) is 48.8 Å². The highest BCUT2D eigenvalue weighted by Crippen LogP contribution is 2.25. The molecule has 0 unspecified atom stereocenters. The van der Waals surface area contributed by atoms with E-state index in [0.29, 0.717) is 5.95 Å². The first kappa shape index (κ1) is 14.9. The average Bonchev–Trinajstić information content (AvgIpc) is 2.63. The Kier molecular flexibility index (Phi) is 3.99. The first-order valence-corrected chi connectivity index (χ1v) is 8.48. The van der Waals surface area contributed by atoms with Crippen LogP contribution in [0.1, 0.15) is 19.8 Å². The number of fused-ring (bicyclic) bond motifs is 1. The fraction of sp³-hybridized carbons (Fsp3) is 0.316. The monoisotopic (exact) mass is 319 g/mol. The number of anilines is 3. The molecule has 4 rings (SSSR count). The Hall–Kier alpha value is -2.69. The highest BCUT2D eigenvalue weighted by atomic mass is 15.2. The molecule has 122 valence electrons. The van der Waals surface area contributed by atoms with Gasteiger partial charge in [0.15, 0.2) is 0 Å². The quantitative estimate of drug-likeness (QED) is 0.790. The summed E-state index contributed by atoms with van der Waals surface area (Å²) in [6.07, 6.45) is 6.07. The van der Waals surface area contributed by atoms with Crippen molar-refractivity contribution in [3.05, 3.63) is 48.8 Å². The zero-order chi connectivity index (χ0) is 16.4. The molecule has 1 aliphatic heterocycles. The van der Waals surface area contributed by atoms with E-state index in [1.54, 1.807) is 6.20 Å². The second-order valence-electron chi connectivity index (χ2n) is 6.41. The smallest absolute Gasteiger partial charge is 0.229 e. The molecule has 2 aromatic heterocycles. The Morgan fingerprint density at radius 2 is 1.83 bits per heavy atom. The van der Waals surface area contributed by atoms with E-state index in [1.165, 1.54) is 12.8 Å². The molecule has 1 N–H and O–H groups in total. The lowest BCUT2D eigenvalue weighted by atomic mass is 9.99. The van der Waals surface area contributed by atoms with E-state index in [0.717, 1.165) is 41.4 Å². The van der Waals surface area contributed by atoms with Crippen LogP contribution in [0.25, 0.3) is 10.9 Å². The third-order valence-electron chi connectivity index (χ3n) is 4.63. The predicted molar refractivity (Wildman–Crippen MR) is 97.7 cm³/mol. The molecular formula is C19H21N5. The third-order valence-corrected chi connectivity index (χ3v) is 4.63. The Morgan fingerprint density at radius 3 is 2.71 bits per heavy atom. The fourth-order valence-corrected chi connectivity index (χ4v) is 3.15. The predicted octanol–water partition coefficient (Wildman–Crippen LogP) is 4.00. The van der Waals surface area contributed by atoms with Gasteiger partial charge in [-0.25, -0.2) is 4.98 Å². The first-order chi connectivity index (χ1) is 11.8. The van der Waals surface area contributed by atoms with Crippen molar-refractivity contribution >= 4 is 28.4 Å². The van der Waals surface area contributed by atoms with Crippen LogP contribution in [0.4, 0.5) is 17.5 Å². The zero-order valence-electron chi connectivity index (χ0n) is 13.8. The van der Waals surface area contributed by atoms with E-state index in [1.807, 2.05) is 30.5 Å². The SMILES string of the molecule is CC1CCN(c2ccnc(Nc3cccc4cccnc34)n2)CC1. The van der Waals surface area contributed by atoms with E-state index in [4.69, 9.17) is 4.98 Å². The highest BCUT2D eigenvalue weighted by molar-refractivity contribution is 5.91. The molecule has 1 fully saturated rings. The number of rotatable bonds is 3. The minimum atomic E-state index is 0.615. The Labute approximate surface area is 141 Å². The number of aromatic nitrogens is 3. The molecule has 0 spiro atoms. The highest BCUT2D eigenvalue weighted by Gasteiger charge is 2.17. The summed E-state index contributed by atoms with van der Waals surface area (Å²) in [6, 6.07) is 12.1. The summed E-state index contributed by atoms with van der Waals surface area (Å²) in [5.41, 5.74) is 1.86. The van der Waals surface area contributed by atoms with Crippen LogP contribution in [0.2, 0.25) is 0 Å². The summed E-state index contributed by atoms with van der Waals surface area (Å²) in [6.45, 7) is 4.44. The van der Waals surface area contributed by atoms with Gasteiger partial charge < -0.3 is 10.2 Å². The largest absolute Gasteiger partial charge is 0.356 e. The van der Waals surface area contributed by atoms with Gasteiger partial charge in [-0.1, -0.05) is 25.1 Å². The summed E-state index contributed by atoms with van der Waals surface area (Å²) in [4.78, 5) is 15.9. The second kappa shape index (κ2) is 6.43. The molecule has 24 heavy (non-hydrogen) atoms. The van der Waals surface area contributed by atoms with Crippen molar-refractivity contribution in [2.45, 2.75) is 19.8 Å². The molecule has 1 saturated heterocycles. The van der Waals surface area contributed by atoms with Crippen molar-refractivity contribution in [3.8, 4) is 0 Å². The van der Waals surface area contributed by atoms with Crippen LogP contribution >= 0.6 is 0 Å². The van der Waals surface area contributed by atoms with E-state index < -0.39 is 0 Å². The van der Waals surface area contributed by atoms with Gasteiger partial charge in [-0.3, -0.25) is 4.98 Å². The molecule has 1 aromatic carbocycles.